The van der Waals surface area contributed by atoms with Crippen LogP contribution in [0, 0.1) is 12.8 Å². The highest BCUT2D eigenvalue weighted by Gasteiger charge is 2.23. The van der Waals surface area contributed by atoms with E-state index in [-0.39, 0.29) is 11.8 Å². The first-order chi connectivity index (χ1) is 15.4. The first-order valence-corrected chi connectivity index (χ1v) is 11.1. The molecule has 32 heavy (non-hydrogen) atoms. The van der Waals surface area contributed by atoms with E-state index in [0.29, 0.717) is 11.6 Å². The number of aryl methyl sites for hydroxylation is 1. The molecule has 5 rings (SSSR count). The van der Waals surface area contributed by atoms with E-state index in [0.717, 1.165) is 46.6 Å². The maximum atomic E-state index is 12.4. The average Bonchev–Trinajstić information content (AvgIpc) is 3.41. The summed E-state index contributed by atoms with van der Waals surface area (Å²) >= 11 is 6.56. The zero-order valence-electron chi connectivity index (χ0n) is 18.3. The molecule has 3 heterocycles. The Morgan fingerprint density at radius 2 is 2.06 bits per heavy atom. The van der Waals surface area contributed by atoms with Crippen molar-refractivity contribution >= 4 is 39.9 Å². The van der Waals surface area contributed by atoms with Gasteiger partial charge in [0.1, 0.15) is 0 Å². The van der Waals surface area contributed by atoms with E-state index >= 15 is 0 Å². The van der Waals surface area contributed by atoms with E-state index in [1.165, 1.54) is 11.1 Å². The number of hydrogen-bond donors (Lipinski definition) is 2. The summed E-state index contributed by atoms with van der Waals surface area (Å²) in [6.07, 6.45) is 4.58. The summed E-state index contributed by atoms with van der Waals surface area (Å²) in [6, 6.07) is 10.2. The molecule has 0 unspecified atom stereocenters. The van der Waals surface area contributed by atoms with Crippen molar-refractivity contribution in [3.05, 3.63) is 64.4 Å². The highest BCUT2D eigenvalue weighted by Crippen LogP contribution is 2.32. The number of carbonyl (C=O) groups is 1. The Bertz CT molecular complexity index is 1320. The number of nitrogens with one attached hydrogen (secondary N) is 2. The first kappa shape index (κ1) is 20.6. The van der Waals surface area contributed by atoms with Crippen molar-refractivity contribution in [3.63, 3.8) is 0 Å². The van der Waals surface area contributed by atoms with Crippen LogP contribution in [-0.4, -0.2) is 37.3 Å². The van der Waals surface area contributed by atoms with Crippen molar-refractivity contribution in [1.29, 1.82) is 0 Å². The quantitative estimate of drug-likeness (QED) is 0.460. The van der Waals surface area contributed by atoms with Crippen LogP contribution in [0.25, 0.3) is 16.6 Å². The van der Waals surface area contributed by atoms with Crippen LogP contribution < -0.4 is 5.32 Å². The minimum atomic E-state index is 0.0246. The minimum absolute atomic E-state index is 0.0246. The summed E-state index contributed by atoms with van der Waals surface area (Å²) in [4.78, 5) is 14.3. The van der Waals surface area contributed by atoms with E-state index in [2.05, 4.69) is 33.7 Å². The summed E-state index contributed by atoms with van der Waals surface area (Å²) < 4.78 is 1.88. The number of aromatic nitrogens is 4. The van der Waals surface area contributed by atoms with Gasteiger partial charge in [-0.1, -0.05) is 31.5 Å². The number of benzene rings is 2. The van der Waals surface area contributed by atoms with Gasteiger partial charge in [0.2, 0.25) is 5.91 Å². The summed E-state index contributed by atoms with van der Waals surface area (Å²) in [5.74, 6) is 0.989. The Labute approximate surface area is 191 Å². The summed E-state index contributed by atoms with van der Waals surface area (Å²) in [5, 5.41) is 16.6. The van der Waals surface area contributed by atoms with Crippen LogP contribution in [0.4, 0.5) is 11.5 Å². The normalized spacial score (nSPS) is 13.6. The molecule has 0 saturated heterocycles. The summed E-state index contributed by atoms with van der Waals surface area (Å²) in [5.41, 5.74) is 6.17. The smallest absolute Gasteiger partial charge is 0.225 e. The van der Waals surface area contributed by atoms with Crippen molar-refractivity contribution in [2.45, 2.75) is 33.7 Å². The Kier molecular flexibility index (Phi) is 5.13. The average molecular weight is 449 g/mol. The van der Waals surface area contributed by atoms with Crippen LogP contribution >= 0.6 is 11.6 Å². The monoisotopic (exact) mass is 448 g/mol. The van der Waals surface area contributed by atoms with E-state index in [4.69, 9.17) is 16.7 Å². The molecule has 0 spiro atoms. The lowest BCUT2D eigenvalue weighted by molar-refractivity contribution is -0.135. The van der Waals surface area contributed by atoms with Crippen LogP contribution in [0.5, 0.6) is 0 Å². The molecule has 0 radical (unpaired) electrons. The third-order valence-electron chi connectivity index (χ3n) is 5.98. The van der Waals surface area contributed by atoms with Crippen molar-refractivity contribution < 1.29 is 4.79 Å². The highest BCUT2D eigenvalue weighted by molar-refractivity contribution is 6.38. The number of fused-ring (bicyclic) bond motifs is 2. The number of carbonyl (C=O) groups excluding carboxylic acids is 1. The number of halogens is 1. The molecule has 0 atom stereocenters. The van der Waals surface area contributed by atoms with Crippen LogP contribution in [0.1, 0.15) is 30.5 Å². The summed E-state index contributed by atoms with van der Waals surface area (Å²) in [6.45, 7) is 7.35. The standard InChI is InChI=1S/C24H25ClN6O/c1-14(2)24(32)30-9-8-16-10-18(5-4-17(16)13-30)31-12-15(3)23(29-31)27-21-7-6-20-19(22(21)25)11-26-28-20/h4-7,10-12,14H,8-9,13H2,1-3H3,(H,26,28)(H,27,29). The number of anilines is 2. The zero-order valence-corrected chi connectivity index (χ0v) is 19.1. The Hall–Kier alpha value is -3.32. The third kappa shape index (κ3) is 3.62. The molecule has 164 valence electrons. The van der Waals surface area contributed by atoms with Crippen molar-refractivity contribution in [2.24, 2.45) is 5.92 Å². The zero-order chi connectivity index (χ0) is 22.4. The number of H-pyrrole nitrogens is 1. The third-order valence-corrected chi connectivity index (χ3v) is 6.39. The maximum absolute atomic E-state index is 12.4. The second-order valence-electron chi connectivity index (χ2n) is 8.61. The van der Waals surface area contributed by atoms with Gasteiger partial charge in [-0.25, -0.2) is 4.68 Å². The minimum Gasteiger partial charge on any atom is -0.338 e. The second kappa shape index (κ2) is 7.98. The molecule has 8 heteroatoms. The van der Waals surface area contributed by atoms with Gasteiger partial charge in [0.15, 0.2) is 5.82 Å². The molecular weight excluding hydrogens is 424 g/mol. The van der Waals surface area contributed by atoms with Gasteiger partial charge in [-0.15, -0.1) is 5.10 Å². The number of hydrogen-bond acceptors (Lipinski definition) is 4. The molecule has 2 aromatic heterocycles. The molecule has 0 aliphatic carbocycles. The van der Waals surface area contributed by atoms with Crippen LogP contribution in [-0.2, 0) is 17.8 Å². The topological polar surface area (TPSA) is 78.8 Å². The van der Waals surface area contributed by atoms with Gasteiger partial charge in [0.25, 0.3) is 0 Å². The predicted octanol–water partition coefficient (Wildman–Crippen LogP) is 4.99. The fourth-order valence-corrected chi connectivity index (χ4v) is 4.42. The number of nitrogens with zero attached hydrogens (tertiary/aromatic N) is 4. The predicted molar refractivity (Wildman–Crippen MR) is 127 cm³/mol. The maximum Gasteiger partial charge on any atom is 0.225 e. The van der Waals surface area contributed by atoms with Gasteiger partial charge in [-0.05, 0) is 48.7 Å². The molecule has 2 N–H and O–H groups in total. The Morgan fingerprint density at radius 1 is 1.22 bits per heavy atom. The number of rotatable bonds is 4. The van der Waals surface area contributed by atoms with E-state index in [1.807, 2.05) is 48.7 Å². The van der Waals surface area contributed by atoms with Gasteiger partial charge in [0.05, 0.1) is 28.1 Å². The molecular formula is C24H25ClN6O. The van der Waals surface area contributed by atoms with Gasteiger partial charge in [-0.2, -0.15) is 5.10 Å². The Morgan fingerprint density at radius 3 is 2.88 bits per heavy atom. The first-order valence-electron chi connectivity index (χ1n) is 10.8. The summed E-state index contributed by atoms with van der Waals surface area (Å²) in [7, 11) is 0. The lowest BCUT2D eigenvalue weighted by Gasteiger charge is -2.30. The van der Waals surface area contributed by atoms with Crippen molar-refractivity contribution in [1.82, 2.24) is 24.9 Å². The number of amides is 1. The van der Waals surface area contributed by atoms with Gasteiger partial charge < -0.3 is 10.2 Å². The van der Waals surface area contributed by atoms with Gasteiger partial charge in [0, 0.05) is 36.2 Å². The largest absolute Gasteiger partial charge is 0.338 e. The molecule has 7 nitrogen and oxygen atoms in total. The van der Waals surface area contributed by atoms with Crippen molar-refractivity contribution in [3.8, 4) is 5.69 Å². The van der Waals surface area contributed by atoms with E-state index in [9.17, 15) is 4.79 Å². The number of aromatic amines is 1. The molecule has 0 fully saturated rings. The lowest BCUT2D eigenvalue weighted by atomic mass is 9.98. The molecule has 1 aliphatic heterocycles. The van der Waals surface area contributed by atoms with Crippen LogP contribution in [0.15, 0.2) is 42.7 Å². The SMILES string of the molecule is Cc1cn(-c2ccc3c(c2)CCN(C(=O)C(C)C)C3)nc1Nc1ccc2[nH]ncc2c1Cl. The van der Waals surface area contributed by atoms with Gasteiger partial charge in [-0.3, -0.25) is 9.89 Å². The highest BCUT2D eigenvalue weighted by atomic mass is 35.5. The van der Waals surface area contributed by atoms with E-state index < -0.39 is 0 Å². The van der Waals surface area contributed by atoms with Gasteiger partial charge >= 0.3 is 0 Å². The van der Waals surface area contributed by atoms with Crippen LogP contribution in [0.3, 0.4) is 0 Å². The molecule has 0 bridgehead atoms. The molecule has 1 amide bonds. The molecule has 2 aromatic carbocycles. The molecule has 1 aliphatic rings. The fourth-order valence-electron chi connectivity index (χ4n) is 4.16. The fraction of sp³-hybridized carbons (Fsp3) is 0.292. The van der Waals surface area contributed by atoms with E-state index in [1.54, 1.807) is 6.20 Å². The van der Waals surface area contributed by atoms with Crippen molar-refractivity contribution in [2.75, 3.05) is 11.9 Å². The molecule has 4 aromatic rings. The molecule has 0 saturated carbocycles. The lowest BCUT2D eigenvalue weighted by Crippen LogP contribution is -2.38. The van der Waals surface area contributed by atoms with Crippen LogP contribution in [0.2, 0.25) is 5.02 Å². The Balaban J connectivity index is 1.39. The second-order valence-corrected chi connectivity index (χ2v) is 8.98.